The summed E-state index contributed by atoms with van der Waals surface area (Å²) in [4.78, 5) is 0. The van der Waals surface area contributed by atoms with Gasteiger partial charge in [0.05, 0.1) is 0 Å². The van der Waals surface area contributed by atoms with E-state index in [0.717, 1.165) is 10.9 Å². The maximum Gasteiger partial charge on any atom is 0.0486 e. The molecule has 0 fully saturated rings. The highest BCUT2D eigenvalue weighted by atomic mass is 79.9. The molecule has 1 aromatic carbocycles. The second-order valence-corrected chi connectivity index (χ2v) is 4.74. The molecule has 2 heteroatoms. The lowest BCUT2D eigenvalue weighted by atomic mass is 10.0. The number of anilines is 1. The minimum atomic E-state index is 0.550. The first-order chi connectivity index (χ1) is 6.65. The molecule has 1 unspecified atom stereocenters. The van der Waals surface area contributed by atoms with Gasteiger partial charge in [0.15, 0.2) is 0 Å². The Bertz CT molecular complexity index is 283. The summed E-state index contributed by atoms with van der Waals surface area (Å²) in [5, 5.41) is 3.55. The molecule has 0 aromatic heterocycles. The third-order valence-corrected chi connectivity index (χ3v) is 3.15. The van der Waals surface area contributed by atoms with Crippen molar-refractivity contribution >= 4 is 21.6 Å². The zero-order valence-electron chi connectivity index (χ0n) is 9.05. The third kappa shape index (κ3) is 3.02. The molecule has 1 rings (SSSR count). The Morgan fingerprint density at radius 3 is 2.43 bits per heavy atom. The van der Waals surface area contributed by atoms with E-state index in [1.54, 1.807) is 0 Å². The van der Waals surface area contributed by atoms with E-state index in [4.69, 9.17) is 0 Å². The Morgan fingerprint density at radius 1 is 1.29 bits per heavy atom. The van der Waals surface area contributed by atoms with Crippen molar-refractivity contribution in [2.75, 3.05) is 5.32 Å². The van der Waals surface area contributed by atoms with Gasteiger partial charge >= 0.3 is 0 Å². The molecule has 0 saturated carbocycles. The number of para-hydroxylation sites is 1. The van der Waals surface area contributed by atoms with Gasteiger partial charge in [-0.3, -0.25) is 0 Å². The minimum Gasteiger partial charge on any atom is -0.381 e. The fourth-order valence-corrected chi connectivity index (χ4v) is 1.92. The van der Waals surface area contributed by atoms with Gasteiger partial charge in [0.25, 0.3) is 0 Å². The van der Waals surface area contributed by atoms with Gasteiger partial charge in [-0.25, -0.2) is 0 Å². The predicted octanol–water partition coefficient (Wildman–Crippen LogP) is 4.30. The SMILES string of the molecule is CCC(Nc1ccccc1Br)C(C)C. The lowest BCUT2D eigenvalue weighted by Gasteiger charge is -2.22. The number of hydrogen-bond acceptors (Lipinski definition) is 1. The average molecular weight is 256 g/mol. The van der Waals surface area contributed by atoms with Crippen LogP contribution < -0.4 is 5.32 Å². The van der Waals surface area contributed by atoms with Crippen LogP contribution in [0.2, 0.25) is 0 Å². The summed E-state index contributed by atoms with van der Waals surface area (Å²) >= 11 is 3.54. The largest absolute Gasteiger partial charge is 0.381 e. The van der Waals surface area contributed by atoms with Crippen molar-refractivity contribution in [3.05, 3.63) is 28.7 Å². The lowest BCUT2D eigenvalue weighted by Crippen LogP contribution is -2.24. The lowest BCUT2D eigenvalue weighted by molar-refractivity contribution is 0.511. The van der Waals surface area contributed by atoms with Crippen LogP contribution in [0, 0.1) is 5.92 Å². The Morgan fingerprint density at radius 2 is 1.93 bits per heavy atom. The molecule has 1 aromatic rings. The normalized spacial score (nSPS) is 12.9. The monoisotopic (exact) mass is 255 g/mol. The molecule has 0 bridgehead atoms. The second kappa shape index (κ2) is 5.40. The smallest absolute Gasteiger partial charge is 0.0486 e. The van der Waals surface area contributed by atoms with E-state index in [1.807, 2.05) is 6.07 Å². The van der Waals surface area contributed by atoms with Crippen molar-refractivity contribution in [2.45, 2.75) is 33.2 Å². The maximum atomic E-state index is 3.55. The van der Waals surface area contributed by atoms with Gasteiger partial charge in [-0.2, -0.15) is 0 Å². The van der Waals surface area contributed by atoms with Gasteiger partial charge in [-0.15, -0.1) is 0 Å². The molecule has 1 nitrogen and oxygen atoms in total. The second-order valence-electron chi connectivity index (χ2n) is 3.88. The van der Waals surface area contributed by atoms with Crippen molar-refractivity contribution in [1.82, 2.24) is 0 Å². The molecule has 0 aliphatic carbocycles. The molecule has 1 atom stereocenters. The van der Waals surface area contributed by atoms with Crippen LogP contribution in [0.5, 0.6) is 0 Å². The van der Waals surface area contributed by atoms with Crippen molar-refractivity contribution in [1.29, 1.82) is 0 Å². The van der Waals surface area contributed by atoms with Crippen LogP contribution in [-0.2, 0) is 0 Å². The van der Waals surface area contributed by atoms with E-state index in [1.165, 1.54) is 5.69 Å². The molecule has 1 N–H and O–H groups in total. The first-order valence-corrected chi connectivity index (χ1v) is 5.95. The molecular formula is C12H18BrN. The van der Waals surface area contributed by atoms with Gasteiger partial charge in [0.2, 0.25) is 0 Å². The minimum absolute atomic E-state index is 0.550. The summed E-state index contributed by atoms with van der Waals surface area (Å²) in [5.74, 6) is 0.659. The van der Waals surface area contributed by atoms with Gasteiger partial charge in [0.1, 0.15) is 0 Å². The van der Waals surface area contributed by atoms with E-state index < -0.39 is 0 Å². The van der Waals surface area contributed by atoms with Crippen LogP contribution >= 0.6 is 15.9 Å². The highest BCUT2D eigenvalue weighted by Gasteiger charge is 2.11. The van der Waals surface area contributed by atoms with Crippen LogP contribution in [0.1, 0.15) is 27.2 Å². The van der Waals surface area contributed by atoms with Crippen molar-refractivity contribution < 1.29 is 0 Å². The number of rotatable bonds is 4. The Balaban J connectivity index is 2.72. The Kier molecular flexibility index (Phi) is 4.46. The molecule has 0 aliphatic rings. The topological polar surface area (TPSA) is 12.0 Å². The molecule has 0 amide bonds. The van der Waals surface area contributed by atoms with E-state index >= 15 is 0 Å². The molecule has 0 radical (unpaired) electrons. The Hall–Kier alpha value is -0.500. The standard InChI is InChI=1S/C12H18BrN/c1-4-11(9(2)3)14-12-8-6-5-7-10(12)13/h5-9,11,14H,4H2,1-3H3. The molecule has 78 valence electrons. The molecular weight excluding hydrogens is 238 g/mol. The van der Waals surface area contributed by atoms with Crippen LogP contribution in [0.4, 0.5) is 5.69 Å². The first kappa shape index (κ1) is 11.6. The first-order valence-electron chi connectivity index (χ1n) is 5.16. The highest BCUT2D eigenvalue weighted by Crippen LogP contribution is 2.24. The fourth-order valence-electron chi connectivity index (χ4n) is 1.52. The van der Waals surface area contributed by atoms with Gasteiger partial charge in [-0.1, -0.05) is 32.9 Å². The van der Waals surface area contributed by atoms with Crippen LogP contribution in [-0.4, -0.2) is 6.04 Å². The number of nitrogens with one attached hydrogen (secondary N) is 1. The van der Waals surface area contributed by atoms with Gasteiger partial charge < -0.3 is 5.32 Å². The zero-order valence-corrected chi connectivity index (χ0v) is 10.6. The van der Waals surface area contributed by atoms with Crippen LogP contribution in [0.15, 0.2) is 28.7 Å². The molecule has 0 saturated heterocycles. The summed E-state index contributed by atoms with van der Waals surface area (Å²) < 4.78 is 1.14. The van der Waals surface area contributed by atoms with Gasteiger partial charge in [-0.05, 0) is 40.4 Å². The summed E-state index contributed by atoms with van der Waals surface area (Å²) in [6.45, 7) is 6.71. The van der Waals surface area contributed by atoms with Crippen LogP contribution in [0.25, 0.3) is 0 Å². The average Bonchev–Trinajstić information content (AvgIpc) is 2.16. The Labute approximate surface area is 95.0 Å². The zero-order chi connectivity index (χ0) is 10.6. The van der Waals surface area contributed by atoms with E-state index in [9.17, 15) is 0 Å². The predicted molar refractivity (Wildman–Crippen MR) is 66.7 cm³/mol. The number of halogens is 1. The van der Waals surface area contributed by atoms with E-state index in [-0.39, 0.29) is 0 Å². The quantitative estimate of drug-likeness (QED) is 0.847. The summed E-state index contributed by atoms with van der Waals surface area (Å²) in [7, 11) is 0. The summed E-state index contributed by atoms with van der Waals surface area (Å²) in [6.07, 6.45) is 1.15. The highest BCUT2D eigenvalue weighted by molar-refractivity contribution is 9.10. The molecule has 0 heterocycles. The maximum absolute atomic E-state index is 3.55. The number of benzene rings is 1. The number of hydrogen-bond donors (Lipinski definition) is 1. The van der Waals surface area contributed by atoms with Crippen molar-refractivity contribution in [3.8, 4) is 0 Å². The summed E-state index contributed by atoms with van der Waals surface area (Å²) in [5.41, 5.74) is 1.19. The summed E-state index contributed by atoms with van der Waals surface area (Å²) in [6, 6.07) is 8.81. The van der Waals surface area contributed by atoms with Gasteiger partial charge in [0, 0.05) is 16.2 Å². The molecule has 0 spiro atoms. The fraction of sp³-hybridized carbons (Fsp3) is 0.500. The molecule has 0 aliphatic heterocycles. The van der Waals surface area contributed by atoms with Crippen molar-refractivity contribution in [2.24, 2.45) is 5.92 Å². The third-order valence-electron chi connectivity index (χ3n) is 2.46. The molecule has 14 heavy (non-hydrogen) atoms. The van der Waals surface area contributed by atoms with E-state index in [0.29, 0.717) is 12.0 Å². The van der Waals surface area contributed by atoms with E-state index in [2.05, 4.69) is 60.2 Å². The van der Waals surface area contributed by atoms with Crippen LogP contribution in [0.3, 0.4) is 0 Å². The van der Waals surface area contributed by atoms with Crippen molar-refractivity contribution in [3.63, 3.8) is 0 Å².